The van der Waals surface area contributed by atoms with E-state index < -0.39 is 5.79 Å². The molecule has 0 saturated heterocycles. The molecule has 6 heteroatoms. The third-order valence-corrected chi connectivity index (χ3v) is 4.96. The summed E-state index contributed by atoms with van der Waals surface area (Å²) in [7, 11) is 0. The normalized spacial score (nSPS) is 17.1. The Kier molecular flexibility index (Phi) is 3.38. The van der Waals surface area contributed by atoms with Crippen LogP contribution in [0.4, 0.5) is 5.69 Å². The molecule has 0 radical (unpaired) electrons. The Morgan fingerprint density at radius 2 is 1.88 bits per heavy atom. The van der Waals surface area contributed by atoms with Gasteiger partial charge in [-0.2, -0.15) is 0 Å². The number of hydrogen-bond acceptors (Lipinski definition) is 5. The van der Waals surface area contributed by atoms with Gasteiger partial charge in [0.2, 0.25) is 5.91 Å². The first-order valence-corrected chi connectivity index (χ1v) is 8.86. The van der Waals surface area contributed by atoms with Crippen molar-refractivity contribution < 1.29 is 18.8 Å². The van der Waals surface area contributed by atoms with Gasteiger partial charge in [0.1, 0.15) is 5.69 Å². The molecular weight excluding hydrogens is 332 g/mol. The van der Waals surface area contributed by atoms with E-state index in [4.69, 9.17) is 14.0 Å². The lowest BCUT2D eigenvalue weighted by molar-refractivity contribution is -0.115. The molecule has 0 atom stereocenters. The fraction of sp³-hybridized carbons (Fsp3) is 0.300. The van der Waals surface area contributed by atoms with Crippen molar-refractivity contribution in [3.05, 3.63) is 48.2 Å². The van der Waals surface area contributed by atoms with E-state index in [1.165, 1.54) is 0 Å². The Bertz CT molecular complexity index is 988. The summed E-state index contributed by atoms with van der Waals surface area (Å²) >= 11 is 0. The number of ether oxygens (including phenoxy) is 2. The molecule has 26 heavy (non-hydrogen) atoms. The molecule has 2 heterocycles. The maximum Gasteiger partial charge on any atom is 0.251 e. The van der Waals surface area contributed by atoms with Gasteiger partial charge in [0.05, 0.1) is 6.42 Å². The van der Waals surface area contributed by atoms with Gasteiger partial charge in [0.25, 0.3) is 5.79 Å². The van der Waals surface area contributed by atoms with Crippen LogP contribution in [0.3, 0.4) is 0 Å². The molecule has 1 fully saturated rings. The minimum Gasteiger partial charge on any atom is -0.448 e. The summed E-state index contributed by atoms with van der Waals surface area (Å²) in [6.07, 6.45) is 4.19. The number of anilines is 1. The first kappa shape index (κ1) is 15.3. The third kappa shape index (κ3) is 2.58. The third-order valence-electron chi connectivity index (χ3n) is 4.96. The highest BCUT2D eigenvalue weighted by molar-refractivity contribution is 5.94. The summed E-state index contributed by atoms with van der Waals surface area (Å²) < 4.78 is 17.3. The Morgan fingerprint density at radius 3 is 2.77 bits per heavy atom. The summed E-state index contributed by atoms with van der Waals surface area (Å²) in [5.74, 6) is 0.785. The van der Waals surface area contributed by atoms with Crippen molar-refractivity contribution >= 4 is 22.6 Å². The number of carbonyl (C=O) groups is 1. The van der Waals surface area contributed by atoms with E-state index in [9.17, 15) is 4.79 Å². The van der Waals surface area contributed by atoms with Crippen LogP contribution in [0.1, 0.15) is 31.4 Å². The van der Waals surface area contributed by atoms with Gasteiger partial charge in [0, 0.05) is 30.0 Å². The van der Waals surface area contributed by atoms with E-state index >= 15 is 0 Å². The van der Waals surface area contributed by atoms with Gasteiger partial charge >= 0.3 is 0 Å². The van der Waals surface area contributed by atoms with Crippen LogP contribution in [0.25, 0.3) is 11.0 Å². The molecular formula is C20H18N2O4. The van der Waals surface area contributed by atoms with Crippen molar-refractivity contribution in [2.24, 2.45) is 0 Å². The van der Waals surface area contributed by atoms with E-state index in [1.807, 2.05) is 42.5 Å². The Hall–Kier alpha value is -3.02. The zero-order valence-corrected chi connectivity index (χ0v) is 14.2. The molecule has 1 saturated carbocycles. The molecule has 5 rings (SSSR count). The predicted molar refractivity (Wildman–Crippen MR) is 95.2 cm³/mol. The first-order valence-electron chi connectivity index (χ1n) is 8.86. The SMILES string of the molecule is O=C(Cc1noc2ccccc12)Nc1ccc2c(c1)OC1(CCCC1)O2. The summed E-state index contributed by atoms with van der Waals surface area (Å²) in [5.41, 5.74) is 1.99. The van der Waals surface area contributed by atoms with Crippen molar-refractivity contribution in [1.29, 1.82) is 0 Å². The van der Waals surface area contributed by atoms with E-state index in [2.05, 4.69) is 10.5 Å². The van der Waals surface area contributed by atoms with Crippen LogP contribution in [0.5, 0.6) is 11.5 Å². The molecule has 1 amide bonds. The Labute approximate surface area is 150 Å². The zero-order valence-electron chi connectivity index (χ0n) is 14.2. The van der Waals surface area contributed by atoms with E-state index in [-0.39, 0.29) is 12.3 Å². The molecule has 1 N–H and O–H groups in total. The fourth-order valence-electron chi connectivity index (χ4n) is 3.71. The molecule has 132 valence electrons. The molecule has 2 aliphatic rings. The topological polar surface area (TPSA) is 73.6 Å². The Balaban J connectivity index is 1.30. The van der Waals surface area contributed by atoms with Crippen LogP contribution < -0.4 is 14.8 Å². The van der Waals surface area contributed by atoms with Crippen LogP contribution in [-0.4, -0.2) is 16.9 Å². The second-order valence-corrected chi connectivity index (χ2v) is 6.83. The van der Waals surface area contributed by atoms with E-state index in [1.54, 1.807) is 0 Å². The van der Waals surface area contributed by atoms with Gasteiger partial charge in [-0.15, -0.1) is 0 Å². The summed E-state index contributed by atoms with van der Waals surface area (Å²) in [6.45, 7) is 0. The van der Waals surface area contributed by atoms with Crippen molar-refractivity contribution in [3.8, 4) is 11.5 Å². The van der Waals surface area contributed by atoms with E-state index in [0.29, 0.717) is 22.7 Å². The number of benzene rings is 2. The molecule has 1 spiro atoms. The van der Waals surface area contributed by atoms with Crippen molar-refractivity contribution in [1.82, 2.24) is 5.16 Å². The number of amides is 1. The minimum atomic E-state index is -0.495. The lowest BCUT2D eigenvalue weighted by Crippen LogP contribution is -2.34. The highest BCUT2D eigenvalue weighted by atomic mass is 16.7. The number of para-hydroxylation sites is 1. The lowest BCUT2D eigenvalue weighted by Gasteiger charge is -2.21. The van der Waals surface area contributed by atoms with Crippen LogP contribution >= 0.6 is 0 Å². The predicted octanol–water partition coefficient (Wildman–Crippen LogP) is 4.05. The second kappa shape index (κ2) is 5.76. The summed E-state index contributed by atoms with van der Waals surface area (Å²) in [6, 6.07) is 13.0. The molecule has 6 nitrogen and oxygen atoms in total. The highest BCUT2D eigenvalue weighted by Gasteiger charge is 2.44. The molecule has 2 aromatic carbocycles. The monoisotopic (exact) mass is 350 g/mol. The number of aromatic nitrogens is 1. The fourth-order valence-corrected chi connectivity index (χ4v) is 3.71. The van der Waals surface area contributed by atoms with Crippen LogP contribution in [0.15, 0.2) is 47.0 Å². The van der Waals surface area contributed by atoms with Gasteiger partial charge in [-0.3, -0.25) is 4.79 Å². The van der Waals surface area contributed by atoms with Crippen LogP contribution in [0, 0.1) is 0 Å². The second-order valence-electron chi connectivity index (χ2n) is 6.83. The average molecular weight is 350 g/mol. The maximum atomic E-state index is 12.4. The quantitative estimate of drug-likeness (QED) is 0.771. The molecule has 1 aliphatic carbocycles. The lowest BCUT2D eigenvalue weighted by atomic mass is 10.1. The van der Waals surface area contributed by atoms with Crippen molar-refractivity contribution in [2.45, 2.75) is 37.9 Å². The number of nitrogens with one attached hydrogen (secondary N) is 1. The summed E-state index contributed by atoms with van der Waals surface area (Å²) in [5, 5.41) is 7.76. The van der Waals surface area contributed by atoms with Gasteiger partial charge in [-0.05, 0) is 37.1 Å². The molecule has 3 aromatic rings. The summed E-state index contributed by atoms with van der Waals surface area (Å²) in [4.78, 5) is 12.4. The molecule has 0 unspecified atom stereocenters. The standard InChI is InChI=1S/C20H18N2O4/c23-19(12-15-14-5-1-2-6-16(14)26-22-15)21-13-7-8-17-18(11-13)25-20(24-17)9-3-4-10-20/h1-2,5-8,11H,3-4,9-10,12H2,(H,21,23). The molecule has 1 aromatic heterocycles. The first-order chi connectivity index (χ1) is 12.7. The Morgan fingerprint density at radius 1 is 1.08 bits per heavy atom. The number of fused-ring (bicyclic) bond motifs is 2. The largest absolute Gasteiger partial charge is 0.448 e. The van der Waals surface area contributed by atoms with Crippen LogP contribution in [0.2, 0.25) is 0 Å². The average Bonchev–Trinajstić information content (AvgIpc) is 3.34. The van der Waals surface area contributed by atoms with Crippen molar-refractivity contribution in [2.75, 3.05) is 5.32 Å². The smallest absolute Gasteiger partial charge is 0.251 e. The minimum absolute atomic E-state index is 0.148. The van der Waals surface area contributed by atoms with Crippen LogP contribution in [-0.2, 0) is 11.2 Å². The molecule has 0 bridgehead atoms. The van der Waals surface area contributed by atoms with Gasteiger partial charge < -0.3 is 19.3 Å². The van der Waals surface area contributed by atoms with E-state index in [0.717, 1.165) is 36.8 Å². The van der Waals surface area contributed by atoms with Crippen molar-refractivity contribution in [3.63, 3.8) is 0 Å². The molecule has 1 aliphatic heterocycles. The maximum absolute atomic E-state index is 12.4. The number of nitrogens with zero attached hydrogens (tertiary/aromatic N) is 1. The number of carbonyl (C=O) groups excluding carboxylic acids is 1. The number of rotatable bonds is 3. The highest BCUT2D eigenvalue weighted by Crippen LogP contribution is 2.47. The van der Waals surface area contributed by atoms with Gasteiger partial charge in [-0.25, -0.2) is 0 Å². The van der Waals surface area contributed by atoms with Gasteiger partial charge in [0.15, 0.2) is 17.1 Å². The van der Waals surface area contributed by atoms with Gasteiger partial charge in [-0.1, -0.05) is 17.3 Å². The zero-order chi connectivity index (χ0) is 17.6. The number of hydrogen-bond donors (Lipinski definition) is 1.